The Morgan fingerprint density at radius 2 is 1.43 bits per heavy atom. The molecule has 0 aliphatic heterocycles. The Bertz CT molecular complexity index is 220. The van der Waals surface area contributed by atoms with Gasteiger partial charge in [0.2, 0.25) is 0 Å². The van der Waals surface area contributed by atoms with Gasteiger partial charge >= 0.3 is 17.9 Å². The van der Waals surface area contributed by atoms with Crippen molar-refractivity contribution in [3.05, 3.63) is 0 Å². The highest BCUT2D eigenvalue weighted by Gasteiger charge is 2.10. The molecule has 80 valence electrons. The Hall–Kier alpha value is -1.92. The number of esters is 2. The van der Waals surface area contributed by atoms with Crippen molar-refractivity contribution in [2.24, 2.45) is 0 Å². The zero-order valence-electron chi connectivity index (χ0n) is 7.64. The lowest BCUT2D eigenvalue weighted by Crippen LogP contribution is -2.13. The van der Waals surface area contributed by atoms with Crippen molar-refractivity contribution in [2.45, 2.75) is 20.3 Å². The second-order valence-corrected chi connectivity index (χ2v) is 2.06. The molecule has 0 atom stereocenters. The summed E-state index contributed by atoms with van der Waals surface area (Å²) in [6.07, 6.45) is -0.778. The van der Waals surface area contributed by atoms with Crippen LogP contribution < -0.4 is 0 Å². The summed E-state index contributed by atoms with van der Waals surface area (Å²) in [4.78, 5) is 39.0. The quantitative estimate of drug-likeness (QED) is 0.467. The highest BCUT2D eigenvalue weighted by molar-refractivity contribution is 5.94. The third kappa shape index (κ3) is 22.5. The second-order valence-electron chi connectivity index (χ2n) is 2.06. The van der Waals surface area contributed by atoms with Crippen molar-refractivity contribution < 1.29 is 34.1 Å². The molecular weight excluding hydrogens is 196 g/mol. The molecule has 0 amide bonds. The Kier molecular flexibility index (Phi) is 8.04. The van der Waals surface area contributed by atoms with Crippen LogP contribution in [0.15, 0.2) is 0 Å². The molecule has 0 bridgehead atoms. The van der Waals surface area contributed by atoms with Gasteiger partial charge in [0.15, 0.2) is 0 Å². The lowest BCUT2D eigenvalue weighted by atomic mass is 10.4. The van der Waals surface area contributed by atoms with Crippen molar-refractivity contribution in [1.82, 2.24) is 0 Å². The van der Waals surface area contributed by atoms with Gasteiger partial charge in [0.05, 0.1) is 0 Å². The van der Waals surface area contributed by atoms with E-state index in [1.54, 1.807) is 0 Å². The van der Waals surface area contributed by atoms with Gasteiger partial charge in [0.1, 0.15) is 6.42 Å². The van der Waals surface area contributed by atoms with Crippen LogP contribution in [0, 0.1) is 0 Å². The molecule has 2 N–H and O–H groups in total. The van der Waals surface area contributed by atoms with E-state index in [1.807, 2.05) is 0 Å². The molecule has 0 aliphatic carbocycles. The lowest BCUT2D eigenvalue weighted by Gasteiger charge is -1.93. The van der Waals surface area contributed by atoms with Crippen LogP contribution in [0.1, 0.15) is 20.3 Å². The number of carbonyl (C=O) groups is 4. The topological polar surface area (TPSA) is 118 Å². The maximum absolute atomic E-state index is 10.2. The zero-order valence-corrected chi connectivity index (χ0v) is 7.64. The zero-order chi connectivity index (χ0) is 11.7. The maximum atomic E-state index is 10.2. The fraction of sp³-hybridized carbons (Fsp3) is 0.429. The number of carbonyl (C=O) groups excluding carboxylic acids is 2. The van der Waals surface area contributed by atoms with Crippen molar-refractivity contribution in [2.75, 3.05) is 0 Å². The van der Waals surface area contributed by atoms with Crippen molar-refractivity contribution in [1.29, 1.82) is 0 Å². The monoisotopic (exact) mass is 206 g/mol. The molecule has 0 heterocycles. The number of aliphatic carboxylic acids is 2. The number of rotatable bonds is 2. The highest BCUT2D eigenvalue weighted by Crippen LogP contribution is 1.85. The van der Waals surface area contributed by atoms with Crippen LogP contribution in [0.5, 0.6) is 0 Å². The van der Waals surface area contributed by atoms with Gasteiger partial charge in [0.25, 0.3) is 5.97 Å². The van der Waals surface area contributed by atoms with Gasteiger partial charge in [-0.15, -0.1) is 0 Å². The van der Waals surface area contributed by atoms with E-state index in [2.05, 4.69) is 4.74 Å². The minimum atomic E-state index is -1.31. The predicted molar refractivity (Wildman–Crippen MR) is 42.3 cm³/mol. The maximum Gasteiger partial charge on any atom is 0.324 e. The molecule has 0 aromatic heterocycles. The van der Waals surface area contributed by atoms with E-state index in [9.17, 15) is 14.4 Å². The summed E-state index contributed by atoms with van der Waals surface area (Å²) in [6, 6.07) is 0. The Morgan fingerprint density at radius 3 is 1.64 bits per heavy atom. The largest absolute Gasteiger partial charge is 0.481 e. The fourth-order valence-electron chi connectivity index (χ4n) is 0.320. The number of hydrogen-bond acceptors (Lipinski definition) is 5. The van der Waals surface area contributed by atoms with Gasteiger partial charge in [-0.05, 0) is 0 Å². The summed E-state index contributed by atoms with van der Waals surface area (Å²) in [5.41, 5.74) is 0. The van der Waals surface area contributed by atoms with E-state index in [4.69, 9.17) is 15.0 Å². The summed E-state index contributed by atoms with van der Waals surface area (Å²) >= 11 is 0. The average molecular weight is 206 g/mol. The minimum absolute atomic E-state index is 0.778. The normalized spacial score (nSPS) is 7.86. The molecule has 0 saturated carbocycles. The third-order valence-electron chi connectivity index (χ3n) is 0.553. The first-order valence-electron chi connectivity index (χ1n) is 3.38. The van der Waals surface area contributed by atoms with E-state index >= 15 is 0 Å². The average Bonchev–Trinajstić information content (AvgIpc) is 1.79. The van der Waals surface area contributed by atoms with Crippen LogP contribution in [0.4, 0.5) is 0 Å². The van der Waals surface area contributed by atoms with Gasteiger partial charge in [-0.25, -0.2) is 0 Å². The van der Waals surface area contributed by atoms with Crippen molar-refractivity contribution in [3.8, 4) is 0 Å². The van der Waals surface area contributed by atoms with Gasteiger partial charge < -0.3 is 14.9 Å². The number of carboxylic acid groups (broad SMARTS) is 2. The molecule has 0 fully saturated rings. The minimum Gasteiger partial charge on any atom is -0.481 e. The van der Waals surface area contributed by atoms with E-state index in [0.29, 0.717) is 0 Å². The molecule has 0 radical (unpaired) electrons. The van der Waals surface area contributed by atoms with Crippen LogP contribution in [0.2, 0.25) is 0 Å². The molecule has 0 aromatic rings. The van der Waals surface area contributed by atoms with E-state index < -0.39 is 30.3 Å². The number of carboxylic acids is 2. The molecule has 0 rings (SSSR count). The summed E-state index contributed by atoms with van der Waals surface area (Å²) < 4.78 is 3.90. The van der Waals surface area contributed by atoms with Gasteiger partial charge in [-0.3, -0.25) is 19.2 Å². The van der Waals surface area contributed by atoms with Gasteiger partial charge in [-0.2, -0.15) is 0 Å². The molecule has 7 nitrogen and oxygen atoms in total. The first kappa shape index (κ1) is 14.6. The predicted octanol–water partition coefficient (Wildman–Crippen LogP) is -0.358. The number of hydrogen-bond donors (Lipinski definition) is 2. The fourth-order valence-corrected chi connectivity index (χ4v) is 0.320. The Morgan fingerprint density at radius 1 is 1.07 bits per heavy atom. The van der Waals surface area contributed by atoms with E-state index in [-0.39, 0.29) is 0 Å². The molecule has 7 heteroatoms. The molecule has 14 heavy (non-hydrogen) atoms. The lowest BCUT2D eigenvalue weighted by molar-refractivity contribution is -0.160. The molecular formula is C7H10O7. The van der Waals surface area contributed by atoms with Gasteiger partial charge in [0, 0.05) is 13.8 Å². The molecule has 0 unspecified atom stereocenters. The van der Waals surface area contributed by atoms with E-state index in [1.165, 1.54) is 0 Å². The SMILES string of the molecule is CC(=O)O.CC(=O)OC(=O)CC(=O)O. The Labute approximate surface area is 79.3 Å². The molecule has 0 aliphatic rings. The smallest absolute Gasteiger partial charge is 0.324 e. The molecule has 0 aromatic carbocycles. The van der Waals surface area contributed by atoms with E-state index in [0.717, 1.165) is 13.8 Å². The van der Waals surface area contributed by atoms with Crippen LogP contribution in [0.3, 0.4) is 0 Å². The molecule has 0 saturated heterocycles. The van der Waals surface area contributed by atoms with Crippen LogP contribution in [0.25, 0.3) is 0 Å². The Balaban J connectivity index is 0. The second kappa shape index (κ2) is 7.71. The molecule has 0 spiro atoms. The van der Waals surface area contributed by atoms with Crippen LogP contribution >= 0.6 is 0 Å². The number of ether oxygens (including phenoxy) is 1. The first-order chi connectivity index (χ1) is 6.25. The summed E-state index contributed by atoms with van der Waals surface area (Å²) in [5.74, 6) is -3.99. The highest BCUT2D eigenvalue weighted by atomic mass is 16.6. The first-order valence-corrected chi connectivity index (χ1v) is 3.38. The van der Waals surface area contributed by atoms with Crippen molar-refractivity contribution in [3.63, 3.8) is 0 Å². The van der Waals surface area contributed by atoms with Crippen molar-refractivity contribution >= 4 is 23.9 Å². The van der Waals surface area contributed by atoms with Crippen LogP contribution in [-0.4, -0.2) is 34.1 Å². The summed E-state index contributed by atoms with van der Waals surface area (Å²) in [7, 11) is 0. The summed E-state index contributed by atoms with van der Waals surface area (Å²) in [6.45, 7) is 2.11. The van der Waals surface area contributed by atoms with Gasteiger partial charge in [-0.1, -0.05) is 0 Å². The summed E-state index contributed by atoms with van der Waals surface area (Å²) in [5, 5.41) is 15.4. The van der Waals surface area contributed by atoms with Crippen LogP contribution in [-0.2, 0) is 23.9 Å². The third-order valence-corrected chi connectivity index (χ3v) is 0.553. The standard InChI is InChI=1S/C5H6O5.C2H4O2/c1-3(6)10-5(9)2-4(7)8;1-2(3)4/h2H2,1H3,(H,7,8);1H3,(H,3,4).